The summed E-state index contributed by atoms with van der Waals surface area (Å²) in [5, 5.41) is 0.767. The van der Waals surface area contributed by atoms with Gasteiger partial charge in [-0.05, 0) is 35.4 Å². The molecule has 2 aromatic carbocycles. The standard InChI is InChI=1S/C14H13ClFNS/c15-14-4-2-1-3-11(14)9-18-8-10-5-12(16)7-13(17)6-10/h1-7H,8-9,17H2. The van der Waals surface area contributed by atoms with Crippen molar-refractivity contribution >= 4 is 29.1 Å². The van der Waals surface area contributed by atoms with Crippen molar-refractivity contribution in [3.05, 3.63) is 64.4 Å². The number of thioether (sulfide) groups is 1. The van der Waals surface area contributed by atoms with E-state index < -0.39 is 0 Å². The van der Waals surface area contributed by atoms with E-state index in [1.54, 1.807) is 17.8 Å². The van der Waals surface area contributed by atoms with Crippen molar-refractivity contribution in [1.82, 2.24) is 0 Å². The maximum absolute atomic E-state index is 13.1. The number of hydrogen-bond donors (Lipinski definition) is 1. The van der Waals surface area contributed by atoms with Gasteiger partial charge in [0.15, 0.2) is 0 Å². The van der Waals surface area contributed by atoms with Gasteiger partial charge in [-0.3, -0.25) is 0 Å². The Morgan fingerprint density at radius 1 is 1.11 bits per heavy atom. The van der Waals surface area contributed by atoms with Crippen LogP contribution in [0.1, 0.15) is 11.1 Å². The van der Waals surface area contributed by atoms with Gasteiger partial charge in [-0.2, -0.15) is 11.8 Å². The van der Waals surface area contributed by atoms with E-state index >= 15 is 0 Å². The number of hydrogen-bond acceptors (Lipinski definition) is 2. The molecule has 0 aromatic heterocycles. The zero-order chi connectivity index (χ0) is 13.0. The average Bonchev–Trinajstić information content (AvgIpc) is 2.30. The Bertz CT molecular complexity index is 525. The van der Waals surface area contributed by atoms with Crippen molar-refractivity contribution in [2.24, 2.45) is 0 Å². The maximum Gasteiger partial charge on any atom is 0.125 e. The molecule has 2 N–H and O–H groups in total. The van der Waals surface area contributed by atoms with Crippen LogP contribution >= 0.6 is 23.4 Å². The first kappa shape index (κ1) is 13.2. The van der Waals surface area contributed by atoms with Gasteiger partial charge < -0.3 is 5.73 Å². The summed E-state index contributed by atoms with van der Waals surface area (Å²) in [6, 6.07) is 12.4. The molecule has 0 heterocycles. The van der Waals surface area contributed by atoms with Crippen LogP contribution in [0.2, 0.25) is 5.02 Å². The fourth-order valence-electron chi connectivity index (χ4n) is 1.65. The molecule has 0 saturated heterocycles. The summed E-state index contributed by atoms with van der Waals surface area (Å²) in [7, 11) is 0. The van der Waals surface area contributed by atoms with Crippen LogP contribution in [0.25, 0.3) is 0 Å². The molecule has 18 heavy (non-hydrogen) atoms. The van der Waals surface area contributed by atoms with Crippen molar-refractivity contribution in [2.45, 2.75) is 11.5 Å². The van der Waals surface area contributed by atoms with Crippen LogP contribution in [0.5, 0.6) is 0 Å². The summed E-state index contributed by atoms with van der Waals surface area (Å²) in [5.74, 6) is 1.23. The Kier molecular flexibility index (Phi) is 4.50. The normalized spacial score (nSPS) is 10.6. The minimum Gasteiger partial charge on any atom is -0.399 e. The van der Waals surface area contributed by atoms with Crippen molar-refractivity contribution in [2.75, 3.05) is 5.73 Å². The van der Waals surface area contributed by atoms with Gasteiger partial charge >= 0.3 is 0 Å². The van der Waals surface area contributed by atoms with Crippen LogP contribution in [0.4, 0.5) is 10.1 Å². The van der Waals surface area contributed by atoms with Crippen LogP contribution in [-0.2, 0) is 11.5 Å². The minimum absolute atomic E-state index is 0.289. The fraction of sp³-hybridized carbons (Fsp3) is 0.143. The van der Waals surface area contributed by atoms with Gasteiger partial charge in [0.05, 0.1) is 0 Å². The SMILES string of the molecule is Nc1cc(F)cc(CSCc2ccccc2Cl)c1. The molecular weight excluding hydrogens is 269 g/mol. The first-order valence-electron chi connectivity index (χ1n) is 5.51. The molecule has 0 amide bonds. The molecule has 0 spiro atoms. The average molecular weight is 282 g/mol. The molecule has 2 aromatic rings. The van der Waals surface area contributed by atoms with Gasteiger partial charge in [0.1, 0.15) is 5.82 Å². The molecule has 4 heteroatoms. The van der Waals surface area contributed by atoms with Gasteiger partial charge in [-0.1, -0.05) is 29.8 Å². The number of benzene rings is 2. The number of anilines is 1. The van der Waals surface area contributed by atoms with Crippen LogP contribution in [0, 0.1) is 5.82 Å². The van der Waals surface area contributed by atoms with Gasteiger partial charge in [0, 0.05) is 22.2 Å². The summed E-state index contributed by atoms with van der Waals surface area (Å²) < 4.78 is 13.1. The molecule has 0 aliphatic carbocycles. The van der Waals surface area contributed by atoms with Gasteiger partial charge in [0.2, 0.25) is 0 Å². The Balaban J connectivity index is 1.94. The maximum atomic E-state index is 13.1. The van der Waals surface area contributed by atoms with E-state index in [-0.39, 0.29) is 5.82 Å². The van der Waals surface area contributed by atoms with Gasteiger partial charge in [-0.25, -0.2) is 4.39 Å². The Morgan fingerprint density at radius 2 is 1.89 bits per heavy atom. The monoisotopic (exact) mass is 281 g/mol. The van der Waals surface area contributed by atoms with E-state index in [1.165, 1.54) is 12.1 Å². The molecule has 0 atom stereocenters. The van der Waals surface area contributed by atoms with Crippen molar-refractivity contribution < 1.29 is 4.39 Å². The predicted octanol–water partition coefficient (Wildman–Crippen LogP) is 4.49. The third kappa shape index (κ3) is 3.65. The second-order valence-corrected chi connectivity index (χ2v) is 5.37. The Hall–Kier alpha value is -1.19. The zero-order valence-electron chi connectivity index (χ0n) is 9.70. The lowest BCUT2D eigenvalue weighted by molar-refractivity contribution is 0.627. The first-order valence-corrected chi connectivity index (χ1v) is 7.04. The Labute approximate surface area is 115 Å². The molecule has 0 fully saturated rings. The lowest BCUT2D eigenvalue weighted by atomic mass is 10.2. The van der Waals surface area contributed by atoms with E-state index in [4.69, 9.17) is 17.3 Å². The van der Waals surface area contributed by atoms with E-state index in [9.17, 15) is 4.39 Å². The number of nitrogen functional groups attached to an aromatic ring is 1. The van der Waals surface area contributed by atoms with E-state index in [2.05, 4.69) is 0 Å². The molecule has 0 unspecified atom stereocenters. The summed E-state index contributed by atoms with van der Waals surface area (Å²) in [5.41, 5.74) is 8.04. The van der Waals surface area contributed by atoms with Crippen LogP contribution < -0.4 is 5.73 Å². The fourth-order valence-corrected chi connectivity index (χ4v) is 2.91. The molecule has 0 radical (unpaired) electrons. The zero-order valence-corrected chi connectivity index (χ0v) is 11.3. The second kappa shape index (κ2) is 6.12. The van der Waals surface area contributed by atoms with Gasteiger partial charge in [0.25, 0.3) is 0 Å². The highest BCUT2D eigenvalue weighted by Gasteiger charge is 2.02. The van der Waals surface area contributed by atoms with Crippen molar-refractivity contribution in [1.29, 1.82) is 0 Å². The molecule has 94 valence electrons. The summed E-state index contributed by atoms with van der Waals surface area (Å²) in [6.07, 6.45) is 0. The molecular formula is C14H13ClFNS. The number of halogens is 2. The van der Waals surface area contributed by atoms with E-state index in [1.807, 2.05) is 24.3 Å². The minimum atomic E-state index is -0.289. The topological polar surface area (TPSA) is 26.0 Å². The Morgan fingerprint density at radius 3 is 2.61 bits per heavy atom. The molecule has 1 nitrogen and oxygen atoms in total. The molecule has 0 aliphatic rings. The van der Waals surface area contributed by atoms with Gasteiger partial charge in [-0.15, -0.1) is 0 Å². The highest BCUT2D eigenvalue weighted by molar-refractivity contribution is 7.97. The largest absolute Gasteiger partial charge is 0.399 e. The highest BCUT2D eigenvalue weighted by Crippen LogP contribution is 2.24. The lowest BCUT2D eigenvalue weighted by Gasteiger charge is -2.05. The number of nitrogens with two attached hydrogens (primary N) is 1. The third-order valence-electron chi connectivity index (χ3n) is 2.46. The lowest BCUT2D eigenvalue weighted by Crippen LogP contribution is -1.91. The summed E-state index contributed by atoms with van der Waals surface area (Å²) in [4.78, 5) is 0. The molecule has 0 aliphatic heterocycles. The van der Waals surface area contributed by atoms with E-state index in [0.717, 1.165) is 21.9 Å². The van der Waals surface area contributed by atoms with Crippen LogP contribution in [0.15, 0.2) is 42.5 Å². The molecule has 0 saturated carbocycles. The highest BCUT2D eigenvalue weighted by atomic mass is 35.5. The summed E-state index contributed by atoms with van der Waals surface area (Å²) in [6.45, 7) is 0. The van der Waals surface area contributed by atoms with Crippen molar-refractivity contribution in [3.63, 3.8) is 0 Å². The second-order valence-electron chi connectivity index (χ2n) is 3.98. The molecule has 2 rings (SSSR count). The summed E-state index contributed by atoms with van der Waals surface area (Å²) >= 11 is 7.75. The van der Waals surface area contributed by atoms with E-state index in [0.29, 0.717) is 11.4 Å². The number of rotatable bonds is 4. The van der Waals surface area contributed by atoms with Crippen LogP contribution in [0.3, 0.4) is 0 Å². The van der Waals surface area contributed by atoms with Crippen LogP contribution in [-0.4, -0.2) is 0 Å². The van der Waals surface area contributed by atoms with Crippen molar-refractivity contribution in [3.8, 4) is 0 Å². The predicted molar refractivity (Wildman–Crippen MR) is 77.3 cm³/mol. The molecule has 0 bridgehead atoms. The third-order valence-corrected chi connectivity index (χ3v) is 3.89. The smallest absolute Gasteiger partial charge is 0.125 e. The first-order chi connectivity index (χ1) is 8.65. The quantitative estimate of drug-likeness (QED) is 0.836.